The minimum atomic E-state index is -0.653. The lowest BCUT2D eigenvalue weighted by Gasteiger charge is -2.36. The fourth-order valence-corrected chi connectivity index (χ4v) is 11.9. The molecule has 2 N–H and O–H groups in total. The molecule has 4 atom stereocenters. The van der Waals surface area contributed by atoms with Crippen molar-refractivity contribution in [3.8, 4) is 23.0 Å². The molecule has 5 aliphatic heterocycles. The van der Waals surface area contributed by atoms with Crippen LogP contribution in [0.1, 0.15) is 134 Å². The van der Waals surface area contributed by atoms with Crippen LogP contribution in [0.15, 0.2) is 53.9 Å². The lowest BCUT2D eigenvalue weighted by Crippen LogP contribution is -2.50. The lowest BCUT2D eigenvalue weighted by atomic mass is 9.80. The highest BCUT2D eigenvalue weighted by Gasteiger charge is 2.52. The molecule has 0 aromatic carbocycles. The molecule has 6 aromatic rings. The molecule has 13 rings (SSSR count). The predicted octanol–water partition coefficient (Wildman–Crippen LogP) is 8.94. The summed E-state index contributed by atoms with van der Waals surface area (Å²) in [5, 5.41) is 5.72. The molecule has 4 amide bonds. The molecule has 0 spiro atoms. The van der Waals surface area contributed by atoms with Gasteiger partial charge in [0.2, 0.25) is 23.6 Å². The van der Waals surface area contributed by atoms with Gasteiger partial charge in [-0.05, 0) is 149 Å². The Labute approximate surface area is 543 Å². The smallest absolute Gasteiger partial charge is 0.473 e. The second-order valence-corrected chi connectivity index (χ2v) is 28.7. The maximum Gasteiger partial charge on any atom is 0.496 e. The third-order valence-electron chi connectivity index (χ3n) is 17.8. The number of fused-ring (bicyclic) bond motifs is 2. The molecule has 2 aliphatic carbocycles. The predicted molar refractivity (Wildman–Crippen MR) is 345 cm³/mol. The minimum Gasteiger partial charge on any atom is -0.473 e. The number of halogens is 3. The van der Waals surface area contributed by atoms with Crippen LogP contribution in [0.25, 0.3) is 33.3 Å². The number of amides is 4. The molecular formula is C64H84BBrF2N14O10. The number of nitrogens with one attached hydrogen (secondary N) is 2. The Kier molecular flexibility index (Phi) is 18.8. The van der Waals surface area contributed by atoms with Gasteiger partial charge in [0.1, 0.15) is 39.0 Å². The number of piperazine rings is 2. The van der Waals surface area contributed by atoms with Crippen LogP contribution in [0.5, 0.6) is 11.8 Å². The van der Waals surface area contributed by atoms with Crippen LogP contribution in [0, 0.1) is 23.5 Å². The molecule has 5 saturated heterocycles. The third-order valence-corrected chi connectivity index (χ3v) is 18.2. The van der Waals surface area contributed by atoms with E-state index in [1.165, 1.54) is 25.0 Å². The number of ether oxygens (including phenoxy) is 4. The minimum absolute atomic E-state index is 0.0215. The van der Waals surface area contributed by atoms with Crippen LogP contribution in [0.3, 0.4) is 0 Å². The molecule has 494 valence electrons. The number of nitrogens with zero attached hydrogens (tertiary/aromatic N) is 12. The molecule has 2 saturated carbocycles. The molecule has 7 aliphatic rings. The first-order chi connectivity index (χ1) is 43.5. The highest BCUT2D eigenvalue weighted by atomic mass is 79.9. The number of anilines is 2. The Balaban J connectivity index is 0.000000149. The van der Waals surface area contributed by atoms with E-state index in [1.54, 1.807) is 22.2 Å². The van der Waals surface area contributed by atoms with Gasteiger partial charge in [-0.25, -0.2) is 48.3 Å². The average Bonchev–Trinajstić information content (AvgIpc) is 1.62. The van der Waals surface area contributed by atoms with Crippen molar-refractivity contribution in [3.63, 3.8) is 0 Å². The first-order valence-corrected chi connectivity index (χ1v) is 32.7. The Hall–Kier alpha value is -7.46. The fourth-order valence-electron chi connectivity index (χ4n) is 11.5. The summed E-state index contributed by atoms with van der Waals surface area (Å²) in [6.07, 6.45) is 11.3. The Bertz CT molecular complexity index is 3710. The van der Waals surface area contributed by atoms with E-state index in [9.17, 15) is 23.6 Å². The van der Waals surface area contributed by atoms with E-state index in [1.807, 2.05) is 118 Å². The van der Waals surface area contributed by atoms with E-state index in [-0.39, 0.29) is 59.7 Å². The monoisotopic (exact) mass is 1340 g/mol. The van der Waals surface area contributed by atoms with Crippen LogP contribution in [0.2, 0.25) is 0 Å². The number of imidazole rings is 2. The summed E-state index contributed by atoms with van der Waals surface area (Å²) < 4.78 is 70.6. The Morgan fingerprint density at radius 2 is 1.07 bits per heavy atom. The molecule has 28 heteroatoms. The van der Waals surface area contributed by atoms with Gasteiger partial charge in [0, 0.05) is 126 Å². The van der Waals surface area contributed by atoms with Crippen molar-refractivity contribution in [2.75, 3.05) is 75.2 Å². The topological polar surface area (TPSA) is 248 Å². The Morgan fingerprint density at radius 1 is 0.630 bits per heavy atom. The van der Waals surface area contributed by atoms with Crippen molar-refractivity contribution >= 4 is 86.2 Å². The number of pyridine rings is 4. The van der Waals surface area contributed by atoms with E-state index in [2.05, 4.69) is 60.6 Å². The molecule has 0 unspecified atom stereocenters. The van der Waals surface area contributed by atoms with Gasteiger partial charge in [-0.3, -0.25) is 9.59 Å². The third kappa shape index (κ3) is 15.3. The van der Waals surface area contributed by atoms with E-state index in [0.29, 0.717) is 129 Å². The summed E-state index contributed by atoms with van der Waals surface area (Å²) in [5.41, 5.74) is 2.84. The van der Waals surface area contributed by atoms with Gasteiger partial charge < -0.3 is 67.6 Å². The van der Waals surface area contributed by atoms with Gasteiger partial charge in [-0.15, -0.1) is 0 Å². The van der Waals surface area contributed by atoms with Crippen molar-refractivity contribution in [1.82, 2.24) is 59.5 Å². The number of aromatic nitrogens is 8. The van der Waals surface area contributed by atoms with Crippen LogP contribution in [-0.2, 0) is 28.4 Å². The summed E-state index contributed by atoms with van der Waals surface area (Å²) in [4.78, 5) is 81.9. The van der Waals surface area contributed by atoms with Crippen molar-refractivity contribution in [2.24, 2.45) is 11.8 Å². The summed E-state index contributed by atoms with van der Waals surface area (Å²) in [6, 6.07) is 7.48. The first-order valence-electron chi connectivity index (χ1n) is 31.9. The quantitative estimate of drug-likeness (QED) is 0.0857. The lowest BCUT2D eigenvalue weighted by molar-refractivity contribution is -0.120. The van der Waals surface area contributed by atoms with E-state index in [4.69, 9.17) is 33.2 Å². The van der Waals surface area contributed by atoms with Gasteiger partial charge in [0.05, 0.1) is 40.6 Å². The van der Waals surface area contributed by atoms with E-state index < -0.39 is 41.2 Å². The van der Waals surface area contributed by atoms with Crippen molar-refractivity contribution in [3.05, 3.63) is 65.6 Å². The molecule has 0 bridgehead atoms. The number of hydrogen-bond acceptors (Lipinski definition) is 18. The zero-order valence-corrected chi connectivity index (χ0v) is 56.1. The van der Waals surface area contributed by atoms with Crippen molar-refractivity contribution < 1.29 is 56.2 Å². The van der Waals surface area contributed by atoms with Crippen molar-refractivity contribution in [1.29, 1.82) is 0 Å². The van der Waals surface area contributed by atoms with Gasteiger partial charge in [-0.1, -0.05) is 0 Å². The fraction of sp³-hybridized carbons (Fsp3) is 0.594. The second-order valence-electron chi connectivity index (χ2n) is 27.8. The van der Waals surface area contributed by atoms with Gasteiger partial charge >= 0.3 is 19.3 Å². The Morgan fingerprint density at radius 3 is 1.48 bits per heavy atom. The molecular weight excluding hydrogens is 1250 g/mol. The second kappa shape index (κ2) is 26.1. The van der Waals surface area contributed by atoms with Gasteiger partial charge in [0.15, 0.2) is 23.3 Å². The number of carbonyl (C=O) groups is 4. The van der Waals surface area contributed by atoms with Crippen LogP contribution < -0.4 is 35.4 Å². The summed E-state index contributed by atoms with van der Waals surface area (Å²) in [5.74, 6) is 0.971. The van der Waals surface area contributed by atoms with Crippen molar-refractivity contribution in [2.45, 2.75) is 168 Å². The molecule has 11 heterocycles. The normalized spacial score (nSPS) is 21.3. The summed E-state index contributed by atoms with van der Waals surface area (Å²) in [6.45, 7) is 27.6. The maximum absolute atomic E-state index is 15.5. The van der Waals surface area contributed by atoms with E-state index in [0.717, 1.165) is 29.4 Å². The SMILES string of the molecule is CC(C)(C)OC(=O)N1CCN(c2ncc(B3OC(C)(C)C(C)(C)O3)cc2F)CC1.C[C@@H](Oc1nc(-c2cnc(N3CCN(C(=O)OC(C)(C)C)CC3)c(F)c2)cc2ncn(C3CC3)c12)[C@H]1CNC(=O)C1.C[C@@H](Oc1nc(Br)cc2ncn(C3CC3)c12)[C@H]1CNC(=O)C1. The van der Waals surface area contributed by atoms with Crippen LogP contribution in [0.4, 0.5) is 30.0 Å². The zero-order valence-electron chi connectivity index (χ0n) is 54.6. The molecule has 24 nitrogen and oxygen atoms in total. The highest BCUT2D eigenvalue weighted by Crippen LogP contribution is 2.43. The molecule has 6 aromatic heterocycles. The zero-order chi connectivity index (χ0) is 65.8. The molecule has 7 fully saturated rings. The maximum atomic E-state index is 15.5. The average molecular weight is 1340 g/mol. The molecule has 0 radical (unpaired) electrons. The van der Waals surface area contributed by atoms with Gasteiger partial charge in [-0.2, -0.15) is 0 Å². The summed E-state index contributed by atoms with van der Waals surface area (Å²) in [7, 11) is -0.653. The largest absolute Gasteiger partial charge is 0.496 e. The number of carbonyl (C=O) groups excluding carboxylic acids is 4. The first kappa shape index (κ1) is 66.0. The number of rotatable bonds is 12. The summed E-state index contributed by atoms with van der Waals surface area (Å²) >= 11 is 3.42. The standard InChI is InChI=1S/C29H36FN7O4.C20H31BFN3O4.C15H17BrN4O2/c1-17(18-12-24(38)31-14-18)40-27-25-23(33-16-37(25)20-5-6-20)13-22(34-27)19-11-21(30)26(32-15-19)35-7-9-36(10-8-35)28(39)41-29(2,3)4;1-18(2,3)27-17(26)25-10-8-24(9-11-25)16-15(22)12-14(13-23-16)21-28-19(4,5)20(6,7)29-21;1-8(9-4-13(21)17-6-9)22-15-14-11(5-12(16)19-15)18-7-20(14)10-2-3-10/h11,13,15-18,20H,5-10,12,14H2,1-4H3,(H,31,38);12-13H,8-11H2,1-7H3;5,7-10H,2-4,6H2,1H3,(H,17,21)/t17-,18-;;8-,9-/m1.1/s1. The molecule has 92 heavy (non-hydrogen) atoms. The number of hydrogen-bond donors (Lipinski definition) is 2. The van der Waals surface area contributed by atoms with Crippen LogP contribution >= 0.6 is 15.9 Å². The van der Waals surface area contributed by atoms with Gasteiger partial charge in [0.25, 0.3) is 0 Å². The van der Waals surface area contributed by atoms with E-state index >= 15 is 4.39 Å². The highest BCUT2D eigenvalue weighted by molar-refractivity contribution is 9.10. The van der Waals surface area contributed by atoms with Crippen LogP contribution in [-0.4, -0.2) is 180 Å².